The predicted octanol–water partition coefficient (Wildman–Crippen LogP) is 3.00. The van der Waals surface area contributed by atoms with E-state index in [0.29, 0.717) is 11.1 Å². The van der Waals surface area contributed by atoms with Crippen molar-refractivity contribution in [3.8, 4) is 0 Å². The molecule has 0 radical (unpaired) electrons. The lowest BCUT2D eigenvalue weighted by molar-refractivity contribution is -0.140. The second kappa shape index (κ2) is 11.9. The van der Waals surface area contributed by atoms with Crippen molar-refractivity contribution >= 4 is 29.7 Å². The highest BCUT2D eigenvalue weighted by molar-refractivity contribution is 6.22. The van der Waals surface area contributed by atoms with E-state index >= 15 is 0 Å². The second-order valence-corrected chi connectivity index (χ2v) is 8.29. The molecule has 1 heterocycles. The predicted molar refractivity (Wildman–Crippen MR) is 138 cm³/mol. The van der Waals surface area contributed by atoms with E-state index < -0.39 is 30.0 Å². The number of carbonyl (C=O) groups is 4. The van der Waals surface area contributed by atoms with Crippen LogP contribution in [-0.4, -0.2) is 47.4 Å². The van der Waals surface area contributed by atoms with Gasteiger partial charge in [-0.05, 0) is 30.2 Å². The Balaban J connectivity index is 1.35. The fourth-order valence-corrected chi connectivity index (χ4v) is 3.83. The van der Waals surface area contributed by atoms with Gasteiger partial charge in [-0.25, -0.2) is 9.69 Å². The number of hydrogen-bond donors (Lipinski definition) is 2. The molecule has 0 fully saturated rings. The van der Waals surface area contributed by atoms with Crippen molar-refractivity contribution in [1.82, 2.24) is 10.2 Å². The van der Waals surface area contributed by atoms with Gasteiger partial charge in [-0.2, -0.15) is 4.99 Å². The number of imide groups is 1. The van der Waals surface area contributed by atoms with E-state index in [1.165, 1.54) is 12.1 Å². The average molecular weight is 515 g/mol. The molecule has 3 N–H and O–H groups in total. The topological polar surface area (TPSA) is 140 Å². The minimum atomic E-state index is -1.41. The Morgan fingerprint density at radius 3 is 2.11 bits per heavy atom. The Morgan fingerprint density at radius 1 is 0.895 bits per heavy atom. The maximum Gasteiger partial charge on any atom is 0.435 e. The van der Waals surface area contributed by atoms with Gasteiger partial charge >= 0.3 is 6.09 Å². The first-order chi connectivity index (χ1) is 18.4. The zero-order valence-electron chi connectivity index (χ0n) is 20.6. The van der Waals surface area contributed by atoms with E-state index in [1.54, 1.807) is 43.3 Å². The summed E-state index contributed by atoms with van der Waals surface area (Å²) in [7, 11) is 0. The van der Waals surface area contributed by atoms with Crippen molar-refractivity contribution in [2.45, 2.75) is 26.3 Å². The summed E-state index contributed by atoms with van der Waals surface area (Å²) in [5.74, 6) is -1.81. The maximum absolute atomic E-state index is 12.9. The maximum atomic E-state index is 12.9. The van der Waals surface area contributed by atoms with Gasteiger partial charge in [0.15, 0.2) is 0 Å². The summed E-state index contributed by atoms with van der Waals surface area (Å²) >= 11 is 0. The lowest BCUT2D eigenvalue weighted by Gasteiger charge is -2.24. The second-order valence-electron chi connectivity index (χ2n) is 8.29. The number of nitrogens with one attached hydrogen (secondary N) is 1. The number of amides is 4. The number of carbonyl (C=O) groups excluding carboxylic acids is 4. The molecule has 0 spiro atoms. The van der Waals surface area contributed by atoms with Crippen molar-refractivity contribution in [2.75, 3.05) is 6.61 Å². The van der Waals surface area contributed by atoms with Gasteiger partial charge < -0.3 is 20.5 Å². The molecular weight excluding hydrogens is 488 g/mol. The van der Waals surface area contributed by atoms with Crippen molar-refractivity contribution in [3.63, 3.8) is 0 Å². The van der Waals surface area contributed by atoms with Crippen LogP contribution in [0.5, 0.6) is 0 Å². The number of nitrogens with two attached hydrogens (primary N) is 1. The highest BCUT2D eigenvalue weighted by Gasteiger charge is 2.43. The summed E-state index contributed by atoms with van der Waals surface area (Å²) in [5.41, 5.74) is 8.43. The van der Waals surface area contributed by atoms with Gasteiger partial charge in [0.2, 0.25) is 6.23 Å². The van der Waals surface area contributed by atoms with Crippen LogP contribution in [0, 0.1) is 0 Å². The number of nitrogens with zero attached hydrogens (tertiary/aromatic N) is 2. The van der Waals surface area contributed by atoms with Crippen molar-refractivity contribution in [1.29, 1.82) is 0 Å². The van der Waals surface area contributed by atoms with Crippen molar-refractivity contribution in [3.05, 3.63) is 107 Å². The fourth-order valence-electron chi connectivity index (χ4n) is 3.83. The molecule has 4 amide bonds. The van der Waals surface area contributed by atoms with Crippen LogP contribution in [-0.2, 0) is 27.4 Å². The highest BCUT2D eigenvalue weighted by Crippen LogP contribution is 2.25. The lowest BCUT2D eigenvalue weighted by atomic mass is 10.1. The van der Waals surface area contributed by atoms with E-state index in [9.17, 15) is 19.2 Å². The van der Waals surface area contributed by atoms with Crippen molar-refractivity contribution in [2.24, 2.45) is 10.7 Å². The molecular formula is C28H26N4O6. The monoisotopic (exact) mass is 514 g/mol. The van der Waals surface area contributed by atoms with Gasteiger partial charge in [-0.15, -0.1) is 0 Å². The molecule has 38 heavy (non-hydrogen) atoms. The molecule has 10 nitrogen and oxygen atoms in total. The highest BCUT2D eigenvalue weighted by atomic mass is 16.5. The Bertz CT molecular complexity index is 1340. The molecule has 3 aromatic rings. The molecule has 1 aliphatic rings. The van der Waals surface area contributed by atoms with E-state index in [0.717, 1.165) is 10.5 Å². The number of fused-ring (bicyclic) bond motifs is 1. The van der Waals surface area contributed by atoms with Gasteiger partial charge in [-0.1, -0.05) is 66.7 Å². The van der Waals surface area contributed by atoms with Crippen LogP contribution in [0.1, 0.15) is 44.3 Å². The first-order valence-electron chi connectivity index (χ1n) is 11.9. The molecule has 0 aromatic heterocycles. The molecule has 0 saturated carbocycles. The molecule has 0 bridgehead atoms. The number of ether oxygens (including phenoxy) is 2. The summed E-state index contributed by atoms with van der Waals surface area (Å²) in [4.78, 5) is 55.1. The van der Waals surface area contributed by atoms with Crippen LogP contribution in [0.15, 0.2) is 83.9 Å². The van der Waals surface area contributed by atoms with Crippen LogP contribution in [0.3, 0.4) is 0 Å². The number of benzene rings is 3. The van der Waals surface area contributed by atoms with E-state index in [2.05, 4.69) is 10.3 Å². The Labute approximate surface area is 219 Å². The van der Waals surface area contributed by atoms with E-state index in [-0.39, 0.29) is 36.7 Å². The summed E-state index contributed by atoms with van der Waals surface area (Å²) in [6.07, 6.45) is -2.21. The molecule has 1 unspecified atom stereocenters. The molecule has 4 rings (SSSR count). The minimum Gasteiger partial charge on any atom is -0.443 e. The summed E-state index contributed by atoms with van der Waals surface area (Å²) in [5, 5.41) is 2.70. The third-order valence-corrected chi connectivity index (χ3v) is 5.74. The number of hydrogen-bond acceptors (Lipinski definition) is 6. The molecule has 1 aliphatic heterocycles. The Kier molecular flexibility index (Phi) is 8.24. The Hall–Kier alpha value is -4.83. The van der Waals surface area contributed by atoms with Crippen molar-refractivity contribution < 1.29 is 28.7 Å². The average Bonchev–Trinajstić information content (AvgIpc) is 3.19. The zero-order chi connectivity index (χ0) is 27.1. The molecule has 1 atom stereocenters. The normalized spacial score (nSPS) is 13.7. The first-order valence-corrected chi connectivity index (χ1v) is 11.9. The SMILES string of the molecule is CCOC(C(=O)NCc1ccc(/C(N)=N/C(=O)OCc2ccccc2)cc1)N1C(=O)c2ccccc2C1=O. The summed E-state index contributed by atoms with van der Waals surface area (Å²) < 4.78 is 10.6. The van der Waals surface area contributed by atoms with Crippen LogP contribution in [0.2, 0.25) is 0 Å². The van der Waals surface area contributed by atoms with Gasteiger partial charge in [-0.3, -0.25) is 14.4 Å². The fraction of sp³-hybridized carbons (Fsp3) is 0.179. The van der Waals surface area contributed by atoms with Crippen LogP contribution in [0.4, 0.5) is 4.79 Å². The first kappa shape index (κ1) is 26.2. The third-order valence-electron chi connectivity index (χ3n) is 5.74. The van der Waals surface area contributed by atoms with Gasteiger partial charge in [0.1, 0.15) is 12.4 Å². The standard InChI is InChI=1S/C28H26N4O6/c1-2-37-27(32-25(34)21-10-6-7-11-22(21)26(32)35)24(33)30-16-18-12-14-20(15-13-18)23(29)31-28(36)38-17-19-8-4-3-5-9-19/h3-15,27H,2,16-17H2,1H3,(H,30,33)(H2,29,31,36). The molecule has 0 aliphatic carbocycles. The number of aliphatic imine (C=N–C) groups is 1. The third kappa shape index (κ3) is 5.93. The van der Waals surface area contributed by atoms with E-state index in [4.69, 9.17) is 15.2 Å². The molecule has 10 heteroatoms. The van der Waals surface area contributed by atoms with E-state index in [1.807, 2.05) is 30.3 Å². The summed E-state index contributed by atoms with van der Waals surface area (Å²) in [6, 6.07) is 22.3. The van der Waals surface area contributed by atoms with Gasteiger partial charge in [0.05, 0.1) is 11.1 Å². The van der Waals surface area contributed by atoms with Gasteiger partial charge in [0.25, 0.3) is 17.7 Å². The summed E-state index contributed by atoms with van der Waals surface area (Å²) in [6.45, 7) is 1.97. The number of rotatable bonds is 9. The van der Waals surface area contributed by atoms with Crippen LogP contribution >= 0.6 is 0 Å². The number of amidine groups is 1. The van der Waals surface area contributed by atoms with Crippen LogP contribution in [0.25, 0.3) is 0 Å². The molecule has 194 valence electrons. The minimum absolute atomic E-state index is 0.0133. The van der Waals surface area contributed by atoms with Crippen LogP contribution < -0.4 is 11.1 Å². The smallest absolute Gasteiger partial charge is 0.435 e. The zero-order valence-corrected chi connectivity index (χ0v) is 20.6. The lowest BCUT2D eigenvalue weighted by Crippen LogP contribution is -2.51. The quantitative estimate of drug-likeness (QED) is 0.254. The molecule has 3 aromatic carbocycles. The Morgan fingerprint density at radius 2 is 1.50 bits per heavy atom. The largest absolute Gasteiger partial charge is 0.443 e. The van der Waals surface area contributed by atoms with Gasteiger partial charge in [0, 0.05) is 18.7 Å². The molecule has 0 saturated heterocycles.